The van der Waals surface area contributed by atoms with Gasteiger partial charge in [0.15, 0.2) is 0 Å². The van der Waals surface area contributed by atoms with Crippen LogP contribution in [-0.4, -0.2) is 30.2 Å². The summed E-state index contributed by atoms with van der Waals surface area (Å²) in [5.41, 5.74) is 1.28. The number of anilines is 1. The summed E-state index contributed by atoms with van der Waals surface area (Å²) >= 11 is 0. The fourth-order valence-electron chi connectivity index (χ4n) is 3.21. The first kappa shape index (κ1) is 22.1. The Balaban J connectivity index is 1.84. The predicted molar refractivity (Wildman–Crippen MR) is 120 cm³/mol. The molecule has 0 fully saturated rings. The predicted octanol–water partition coefficient (Wildman–Crippen LogP) is 4.24. The van der Waals surface area contributed by atoms with E-state index in [-0.39, 0.29) is 11.0 Å². The van der Waals surface area contributed by atoms with Gasteiger partial charge in [-0.2, -0.15) is 0 Å². The van der Waals surface area contributed by atoms with Gasteiger partial charge in [0.1, 0.15) is 11.3 Å². The molecule has 3 rings (SSSR count). The Labute approximate surface area is 180 Å². The zero-order chi connectivity index (χ0) is 22.4. The van der Waals surface area contributed by atoms with Crippen LogP contribution in [0.15, 0.2) is 53.5 Å². The Morgan fingerprint density at radius 3 is 2.45 bits per heavy atom. The van der Waals surface area contributed by atoms with Gasteiger partial charge in [0, 0.05) is 18.4 Å². The molecule has 7 nitrogen and oxygen atoms in total. The summed E-state index contributed by atoms with van der Waals surface area (Å²) in [6, 6.07) is 11.6. The first-order chi connectivity index (χ1) is 15.0. The quantitative estimate of drug-likeness (QED) is 0.433. The smallest absolute Gasteiger partial charge is 0.338 e. The lowest BCUT2D eigenvalue weighted by molar-refractivity contribution is 0.0499. The van der Waals surface area contributed by atoms with Crippen LogP contribution in [0.1, 0.15) is 47.4 Å². The SMILES string of the molecule is CCCCOC(=O)c1ccc(NC(=O)c2cn(CC)c3ccc(OC)cc3c2=O)cc1. The number of hydrogen-bond acceptors (Lipinski definition) is 5. The Morgan fingerprint density at radius 1 is 1.06 bits per heavy atom. The number of carbonyl (C=O) groups excluding carboxylic acids is 2. The second kappa shape index (κ2) is 9.93. The summed E-state index contributed by atoms with van der Waals surface area (Å²) in [5.74, 6) is -0.373. The van der Waals surface area contributed by atoms with Gasteiger partial charge in [0.25, 0.3) is 5.91 Å². The number of rotatable bonds is 8. The molecule has 2 aromatic carbocycles. The van der Waals surface area contributed by atoms with Gasteiger partial charge >= 0.3 is 5.97 Å². The number of nitrogens with zero attached hydrogens (tertiary/aromatic N) is 1. The van der Waals surface area contributed by atoms with Crippen LogP contribution in [0.5, 0.6) is 5.75 Å². The maximum atomic E-state index is 13.0. The number of methoxy groups -OCH3 is 1. The first-order valence-corrected chi connectivity index (χ1v) is 10.3. The number of esters is 1. The van der Waals surface area contributed by atoms with Gasteiger partial charge in [-0.15, -0.1) is 0 Å². The molecule has 1 amide bonds. The lowest BCUT2D eigenvalue weighted by Gasteiger charge is -2.13. The molecule has 7 heteroatoms. The summed E-state index contributed by atoms with van der Waals surface area (Å²) in [6.07, 6.45) is 3.32. The van der Waals surface area contributed by atoms with E-state index in [1.807, 2.05) is 18.4 Å². The molecule has 0 radical (unpaired) electrons. The van der Waals surface area contributed by atoms with Gasteiger partial charge in [-0.05, 0) is 55.8 Å². The molecular weight excluding hydrogens is 396 g/mol. The average Bonchev–Trinajstić information content (AvgIpc) is 2.79. The second-order valence-electron chi connectivity index (χ2n) is 7.06. The molecule has 3 aromatic rings. The van der Waals surface area contributed by atoms with Crippen molar-refractivity contribution in [3.05, 3.63) is 70.0 Å². The van der Waals surface area contributed by atoms with Gasteiger partial charge in [0.05, 0.1) is 30.2 Å². The largest absolute Gasteiger partial charge is 0.497 e. The van der Waals surface area contributed by atoms with E-state index in [0.29, 0.717) is 35.5 Å². The fourth-order valence-corrected chi connectivity index (χ4v) is 3.21. The van der Waals surface area contributed by atoms with Crippen molar-refractivity contribution >= 4 is 28.5 Å². The molecule has 162 valence electrons. The molecule has 0 spiro atoms. The number of aryl methyl sites for hydroxylation is 1. The highest BCUT2D eigenvalue weighted by Gasteiger charge is 2.16. The number of ether oxygens (including phenoxy) is 2. The number of pyridine rings is 1. The summed E-state index contributed by atoms with van der Waals surface area (Å²) in [7, 11) is 1.53. The lowest BCUT2D eigenvalue weighted by atomic mass is 10.1. The van der Waals surface area contributed by atoms with E-state index in [2.05, 4.69) is 5.32 Å². The number of amides is 1. The zero-order valence-electron chi connectivity index (χ0n) is 17.9. The monoisotopic (exact) mass is 422 g/mol. The van der Waals surface area contributed by atoms with Crippen LogP contribution in [-0.2, 0) is 11.3 Å². The summed E-state index contributed by atoms with van der Waals surface area (Å²) in [6.45, 7) is 4.93. The van der Waals surface area contributed by atoms with E-state index in [0.717, 1.165) is 18.4 Å². The summed E-state index contributed by atoms with van der Waals surface area (Å²) < 4.78 is 12.2. The normalized spacial score (nSPS) is 10.7. The number of carbonyl (C=O) groups is 2. The van der Waals surface area contributed by atoms with Crippen LogP contribution >= 0.6 is 0 Å². The third kappa shape index (κ3) is 4.94. The van der Waals surface area contributed by atoms with Gasteiger partial charge < -0.3 is 19.4 Å². The minimum atomic E-state index is -0.518. The molecule has 0 saturated carbocycles. The van der Waals surface area contributed by atoms with E-state index in [4.69, 9.17) is 9.47 Å². The maximum Gasteiger partial charge on any atom is 0.338 e. The van der Waals surface area contributed by atoms with Crippen molar-refractivity contribution in [1.29, 1.82) is 0 Å². The van der Waals surface area contributed by atoms with Crippen molar-refractivity contribution in [2.24, 2.45) is 0 Å². The van der Waals surface area contributed by atoms with Crippen LogP contribution in [0.25, 0.3) is 10.9 Å². The molecule has 0 aliphatic carbocycles. The molecule has 0 bridgehead atoms. The van der Waals surface area contributed by atoms with Gasteiger partial charge in [0.2, 0.25) is 5.43 Å². The second-order valence-corrected chi connectivity index (χ2v) is 7.06. The minimum absolute atomic E-state index is 0.0330. The van der Waals surface area contributed by atoms with Crippen molar-refractivity contribution in [2.45, 2.75) is 33.2 Å². The molecule has 1 aromatic heterocycles. The van der Waals surface area contributed by atoms with E-state index in [1.54, 1.807) is 48.7 Å². The highest BCUT2D eigenvalue weighted by molar-refractivity contribution is 6.06. The molecule has 0 atom stereocenters. The van der Waals surface area contributed by atoms with Crippen molar-refractivity contribution in [1.82, 2.24) is 4.57 Å². The standard InChI is InChI=1S/C24H26N2O5/c1-4-6-13-31-24(29)16-7-9-17(10-8-16)25-23(28)20-15-26(5-2)21-12-11-18(30-3)14-19(21)22(20)27/h7-12,14-15H,4-6,13H2,1-3H3,(H,25,28). The van der Waals surface area contributed by atoms with Gasteiger partial charge in [-0.25, -0.2) is 4.79 Å². The Hall–Kier alpha value is -3.61. The number of nitrogens with one attached hydrogen (secondary N) is 1. The van der Waals surface area contributed by atoms with E-state index in [1.165, 1.54) is 7.11 Å². The van der Waals surface area contributed by atoms with Gasteiger partial charge in [-0.3, -0.25) is 9.59 Å². The van der Waals surface area contributed by atoms with Crippen molar-refractivity contribution < 1.29 is 19.1 Å². The fraction of sp³-hybridized carbons (Fsp3) is 0.292. The molecular formula is C24H26N2O5. The third-order valence-electron chi connectivity index (χ3n) is 4.98. The number of aromatic nitrogens is 1. The van der Waals surface area contributed by atoms with E-state index in [9.17, 15) is 14.4 Å². The number of unbranched alkanes of at least 4 members (excludes halogenated alkanes) is 1. The minimum Gasteiger partial charge on any atom is -0.497 e. The molecule has 31 heavy (non-hydrogen) atoms. The van der Waals surface area contributed by atoms with E-state index >= 15 is 0 Å². The Bertz CT molecular complexity index is 1150. The Kier molecular flexibility index (Phi) is 7.07. The van der Waals surface area contributed by atoms with Crippen LogP contribution < -0.4 is 15.5 Å². The van der Waals surface area contributed by atoms with Crippen molar-refractivity contribution in [3.8, 4) is 5.75 Å². The topological polar surface area (TPSA) is 86.6 Å². The third-order valence-corrected chi connectivity index (χ3v) is 4.98. The summed E-state index contributed by atoms with van der Waals surface area (Å²) in [5, 5.41) is 3.14. The number of hydrogen-bond donors (Lipinski definition) is 1. The van der Waals surface area contributed by atoms with Crippen LogP contribution in [0, 0.1) is 0 Å². The average molecular weight is 422 g/mol. The zero-order valence-corrected chi connectivity index (χ0v) is 17.9. The van der Waals surface area contributed by atoms with Crippen LogP contribution in [0.4, 0.5) is 5.69 Å². The summed E-state index contributed by atoms with van der Waals surface area (Å²) in [4.78, 5) is 37.8. The van der Waals surface area contributed by atoms with Crippen molar-refractivity contribution in [2.75, 3.05) is 19.0 Å². The highest BCUT2D eigenvalue weighted by Crippen LogP contribution is 2.20. The maximum absolute atomic E-state index is 13.0. The number of benzene rings is 2. The van der Waals surface area contributed by atoms with Crippen molar-refractivity contribution in [3.63, 3.8) is 0 Å². The molecule has 1 heterocycles. The molecule has 0 aliphatic heterocycles. The van der Waals surface area contributed by atoms with E-state index < -0.39 is 11.9 Å². The van der Waals surface area contributed by atoms with Crippen LogP contribution in [0.2, 0.25) is 0 Å². The highest BCUT2D eigenvalue weighted by atomic mass is 16.5. The Morgan fingerprint density at radius 2 is 1.81 bits per heavy atom. The first-order valence-electron chi connectivity index (χ1n) is 10.3. The molecule has 0 unspecified atom stereocenters. The van der Waals surface area contributed by atoms with Crippen LogP contribution in [0.3, 0.4) is 0 Å². The van der Waals surface area contributed by atoms with Gasteiger partial charge in [-0.1, -0.05) is 13.3 Å². The molecule has 0 aliphatic rings. The number of fused-ring (bicyclic) bond motifs is 1. The molecule has 1 N–H and O–H groups in total. The molecule has 0 saturated heterocycles. The lowest BCUT2D eigenvalue weighted by Crippen LogP contribution is -2.24.